The Balaban J connectivity index is 2.12. The van der Waals surface area contributed by atoms with E-state index in [-0.39, 0.29) is 17.1 Å². The molecule has 0 spiro atoms. The van der Waals surface area contributed by atoms with Crippen molar-refractivity contribution in [1.29, 1.82) is 0 Å². The van der Waals surface area contributed by atoms with Crippen molar-refractivity contribution in [3.8, 4) is 0 Å². The van der Waals surface area contributed by atoms with Gasteiger partial charge in [-0.15, -0.1) is 0 Å². The third-order valence-corrected chi connectivity index (χ3v) is 3.56. The van der Waals surface area contributed by atoms with E-state index in [0.29, 0.717) is 5.92 Å². The lowest BCUT2D eigenvalue weighted by molar-refractivity contribution is -0.393. The van der Waals surface area contributed by atoms with Crippen LogP contribution < -0.4 is 5.43 Å². The Labute approximate surface area is 121 Å². The Morgan fingerprint density at radius 1 is 1.33 bits per heavy atom. The molecule has 0 bridgehead atoms. The van der Waals surface area contributed by atoms with Crippen molar-refractivity contribution in [2.24, 2.45) is 11.0 Å². The number of hydrazone groups is 1. The van der Waals surface area contributed by atoms with E-state index >= 15 is 0 Å². The van der Waals surface area contributed by atoms with Gasteiger partial charge in [0.15, 0.2) is 0 Å². The average Bonchev–Trinajstić information content (AvgIpc) is 2.40. The van der Waals surface area contributed by atoms with Gasteiger partial charge in [0.1, 0.15) is 5.69 Å². The van der Waals surface area contributed by atoms with Gasteiger partial charge in [-0.1, -0.05) is 19.3 Å². The Kier molecular flexibility index (Phi) is 4.46. The highest BCUT2D eigenvalue weighted by Gasteiger charge is 2.20. The number of benzene rings is 1. The monoisotopic (exact) mass is 292 g/mol. The highest BCUT2D eigenvalue weighted by molar-refractivity contribution is 5.83. The first kappa shape index (κ1) is 14.9. The van der Waals surface area contributed by atoms with E-state index in [1.54, 1.807) is 0 Å². The van der Waals surface area contributed by atoms with Gasteiger partial charge < -0.3 is 0 Å². The summed E-state index contributed by atoms with van der Waals surface area (Å²) in [5, 5.41) is 25.7. The summed E-state index contributed by atoms with van der Waals surface area (Å²) in [6, 6.07) is 3.45. The second-order valence-corrected chi connectivity index (χ2v) is 5.18. The van der Waals surface area contributed by atoms with Gasteiger partial charge in [0.2, 0.25) is 0 Å². The van der Waals surface area contributed by atoms with Crippen molar-refractivity contribution in [1.82, 2.24) is 0 Å². The summed E-state index contributed by atoms with van der Waals surface area (Å²) in [6.07, 6.45) is 4.52. The SMILES string of the molecule is C/C(CC1CCC1)=N/Nc1ccc([N+](=O)[O-])cc1[N+](=O)[O-]. The van der Waals surface area contributed by atoms with Gasteiger partial charge in [-0.25, -0.2) is 0 Å². The van der Waals surface area contributed by atoms with Gasteiger partial charge in [0, 0.05) is 11.8 Å². The Bertz CT molecular complexity index is 596. The first-order chi connectivity index (χ1) is 9.97. The van der Waals surface area contributed by atoms with Gasteiger partial charge in [-0.3, -0.25) is 25.7 Å². The molecule has 0 atom stereocenters. The summed E-state index contributed by atoms with van der Waals surface area (Å²) < 4.78 is 0. The molecule has 1 saturated carbocycles. The average molecular weight is 292 g/mol. The minimum absolute atomic E-state index is 0.151. The number of nitrogens with one attached hydrogen (secondary N) is 1. The van der Waals surface area contributed by atoms with Crippen molar-refractivity contribution in [3.63, 3.8) is 0 Å². The maximum atomic E-state index is 11.0. The minimum atomic E-state index is -0.665. The largest absolute Gasteiger partial charge is 0.301 e. The molecule has 0 heterocycles. The molecular weight excluding hydrogens is 276 g/mol. The topological polar surface area (TPSA) is 111 Å². The van der Waals surface area contributed by atoms with E-state index in [1.807, 2.05) is 6.92 Å². The van der Waals surface area contributed by atoms with Crippen molar-refractivity contribution in [3.05, 3.63) is 38.4 Å². The lowest BCUT2D eigenvalue weighted by atomic mass is 9.82. The second kappa shape index (κ2) is 6.29. The predicted octanol–water partition coefficient (Wildman–Crippen LogP) is 3.48. The number of nitro groups is 2. The number of non-ortho nitro benzene ring substituents is 1. The van der Waals surface area contributed by atoms with Crippen LogP contribution in [0.15, 0.2) is 23.3 Å². The van der Waals surface area contributed by atoms with Gasteiger partial charge in [-0.05, 0) is 25.3 Å². The maximum Gasteiger partial charge on any atom is 0.301 e. The molecule has 8 nitrogen and oxygen atoms in total. The number of anilines is 1. The van der Waals surface area contributed by atoms with Crippen LogP contribution in [0.1, 0.15) is 32.6 Å². The highest BCUT2D eigenvalue weighted by atomic mass is 16.6. The second-order valence-electron chi connectivity index (χ2n) is 5.18. The fourth-order valence-electron chi connectivity index (χ4n) is 2.20. The van der Waals surface area contributed by atoms with E-state index in [9.17, 15) is 20.2 Å². The lowest BCUT2D eigenvalue weighted by Gasteiger charge is -2.24. The molecule has 0 radical (unpaired) electrons. The zero-order chi connectivity index (χ0) is 15.4. The molecule has 2 rings (SSSR count). The molecule has 1 N–H and O–H groups in total. The van der Waals surface area contributed by atoms with Crippen molar-refractivity contribution >= 4 is 22.8 Å². The van der Waals surface area contributed by atoms with Gasteiger partial charge in [-0.2, -0.15) is 5.10 Å². The summed E-state index contributed by atoms with van der Waals surface area (Å²) in [6.45, 7) is 1.86. The molecule has 8 heteroatoms. The quantitative estimate of drug-likeness (QED) is 0.490. The molecule has 0 aromatic heterocycles. The smallest absolute Gasteiger partial charge is 0.272 e. The number of hydrogen-bond acceptors (Lipinski definition) is 6. The Hall–Kier alpha value is -2.51. The third kappa shape index (κ3) is 3.74. The number of rotatable bonds is 6. The van der Waals surface area contributed by atoms with Gasteiger partial charge in [0.05, 0.1) is 15.9 Å². The van der Waals surface area contributed by atoms with Crippen LogP contribution >= 0.6 is 0 Å². The molecule has 1 aromatic carbocycles. The molecule has 0 amide bonds. The lowest BCUT2D eigenvalue weighted by Crippen LogP contribution is -2.15. The van der Waals surface area contributed by atoms with Crippen LogP contribution in [0.3, 0.4) is 0 Å². The zero-order valence-corrected chi connectivity index (χ0v) is 11.6. The van der Waals surface area contributed by atoms with Crippen LogP contribution in [-0.4, -0.2) is 15.6 Å². The molecule has 0 saturated heterocycles. The van der Waals surface area contributed by atoms with E-state index in [4.69, 9.17) is 0 Å². The van der Waals surface area contributed by atoms with E-state index < -0.39 is 9.85 Å². The van der Waals surface area contributed by atoms with E-state index in [2.05, 4.69) is 10.5 Å². The number of nitrogens with zero attached hydrogens (tertiary/aromatic N) is 3. The Morgan fingerprint density at radius 2 is 2.05 bits per heavy atom. The van der Waals surface area contributed by atoms with Crippen LogP contribution in [0.2, 0.25) is 0 Å². The van der Waals surface area contributed by atoms with Crippen molar-refractivity contribution < 1.29 is 9.85 Å². The van der Waals surface area contributed by atoms with Crippen LogP contribution in [0.25, 0.3) is 0 Å². The normalized spacial score (nSPS) is 15.4. The molecule has 0 aliphatic heterocycles. The summed E-state index contributed by atoms with van der Waals surface area (Å²) in [5.41, 5.74) is 2.98. The molecular formula is C13H16N4O4. The number of nitro benzene ring substituents is 2. The summed E-state index contributed by atoms with van der Waals surface area (Å²) in [4.78, 5) is 20.3. The standard InChI is InChI=1S/C13H16N4O4/c1-9(7-10-3-2-4-10)14-15-12-6-5-11(16(18)19)8-13(12)17(20)21/h5-6,8,10,15H,2-4,7H2,1H3/b14-9-. The Morgan fingerprint density at radius 3 is 2.57 bits per heavy atom. The highest BCUT2D eigenvalue weighted by Crippen LogP contribution is 2.31. The molecule has 1 aromatic rings. The molecule has 21 heavy (non-hydrogen) atoms. The van der Waals surface area contributed by atoms with Crippen molar-refractivity contribution in [2.45, 2.75) is 32.6 Å². The minimum Gasteiger partial charge on any atom is -0.272 e. The molecule has 1 aliphatic carbocycles. The van der Waals surface area contributed by atoms with Crippen molar-refractivity contribution in [2.75, 3.05) is 5.43 Å². The fraction of sp³-hybridized carbons (Fsp3) is 0.462. The fourth-order valence-corrected chi connectivity index (χ4v) is 2.20. The van der Waals surface area contributed by atoms with Crippen LogP contribution in [0, 0.1) is 26.1 Å². The molecule has 0 unspecified atom stereocenters. The van der Waals surface area contributed by atoms with Gasteiger partial charge >= 0.3 is 5.69 Å². The number of hydrogen-bond donors (Lipinski definition) is 1. The van der Waals surface area contributed by atoms with E-state index in [0.717, 1.165) is 18.2 Å². The summed E-state index contributed by atoms with van der Waals surface area (Å²) in [5.74, 6) is 0.655. The first-order valence-corrected chi connectivity index (χ1v) is 6.69. The van der Waals surface area contributed by atoms with Gasteiger partial charge in [0.25, 0.3) is 5.69 Å². The van der Waals surface area contributed by atoms with Crippen LogP contribution in [0.4, 0.5) is 17.1 Å². The van der Waals surface area contributed by atoms with E-state index in [1.165, 1.54) is 31.4 Å². The third-order valence-electron chi connectivity index (χ3n) is 3.56. The van der Waals surface area contributed by atoms with Crippen LogP contribution in [0.5, 0.6) is 0 Å². The summed E-state index contributed by atoms with van der Waals surface area (Å²) >= 11 is 0. The van der Waals surface area contributed by atoms with Crippen LogP contribution in [-0.2, 0) is 0 Å². The predicted molar refractivity (Wildman–Crippen MR) is 78.4 cm³/mol. The molecule has 112 valence electrons. The maximum absolute atomic E-state index is 11.0. The zero-order valence-electron chi connectivity index (χ0n) is 11.6. The summed E-state index contributed by atoms with van der Waals surface area (Å²) in [7, 11) is 0. The molecule has 1 fully saturated rings. The molecule has 1 aliphatic rings. The first-order valence-electron chi connectivity index (χ1n) is 6.69.